The summed E-state index contributed by atoms with van der Waals surface area (Å²) in [5, 5.41) is 10.5. The van der Waals surface area contributed by atoms with E-state index < -0.39 is 5.82 Å². The van der Waals surface area contributed by atoms with Gasteiger partial charge in [-0.1, -0.05) is 6.08 Å². The van der Waals surface area contributed by atoms with E-state index >= 15 is 4.39 Å². The summed E-state index contributed by atoms with van der Waals surface area (Å²) in [5.41, 5.74) is 2.33. The number of anilines is 2. The first kappa shape index (κ1) is 22.0. The van der Waals surface area contributed by atoms with Crippen LogP contribution in [0.5, 0.6) is 11.6 Å². The third kappa shape index (κ3) is 4.40. The van der Waals surface area contributed by atoms with Crippen molar-refractivity contribution in [1.29, 1.82) is 0 Å². The SMILES string of the molecule is C/C=C/c1cc(Nc2ncnc(Oc3ccc4[nH]c(C)cc4c3F)c2C(=O)N(C)CC)n[nH]1. The van der Waals surface area contributed by atoms with Crippen molar-refractivity contribution in [2.45, 2.75) is 20.8 Å². The molecule has 0 atom stereocenters. The number of ether oxygens (including phenoxy) is 1. The molecule has 0 aliphatic carbocycles. The Bertz CT molecular complexity index is 1340. The summed E-state index contributed by atoms with van der Waals surface area (Å²) < 4.78 is 21.0. The summed E-state index contributed by atoms with van der Waals surface area (Å²) >= 11 is 0. The molecule has 0 aliphatic heterocycles. The van der Waals surface area contributed by atoms with E-state index in [2.05, 4.69) is 30.5 Å². The van der Waals surface area contributed by atoms with Crippen LogP contribution in [0.1, 0.15) is 35.6 Å². The standard InChI is InChI=1S/C23H24FN7O2/c1-5-7-14-11-18(30-29-14)28-21-19(23(32)31(4)6-2)22(26-12-25-21)33-17-9-8-16-15(20(17)24)10-13(3)27-16/h5,7-12,27H,6H2,1-4H3,(H2,25,26,28,29,30)/b7-5+. The maximum absolute atomic E-state index is 15.1. The van der Waals surface area contributed by atoms with Gasteiger partial charge in [0.05, 0.1) is 5.69 Å². The number of halogens is 1. The first-order chi connectivity index (χ1) is 15.9. The van der Waals surface area contributed by atoms with Gasteiger partial charge in [0, 0.05) is 36.3 Å². The fourth-order valence-electron chi connectivity index (χ4n) is 3.33. The van der Waals surface area contributed by atoms with Crippen LogP contribution in [0.25, 0.3) is 17.0 Å². The van der Waals surface area contributed by atoms with Gasteiger partial charge in [-0.15, -0.1) is 0 Å². The number of benzene rings is 1. The maximum atomic E-state index is 15.1. The lowest BCUT2D eigenvalue weighted by Gasteiger charge is -2.19. The fourth-order valence-corrected chi connectivity index (χ4v) is 3.33. The molecule has 0 fully saturated rings. The van der Waals surface area contributed by atoms with Crippen LogP contribution in [0.15, 0.2) is 36.7 Å². The van der Waals surface area contributed by atoms with Gasteiger partial charge >= 0.3 is 0 Å². The molecule has 4 rings (SSSR count). The Morgan fingerprint density at radius 3 is 2.88 bits per heavy atom. The van der Waals surface area contributed by atoms with Crippen molar-refractivity contribution in [2.24, 2.45) is 0 Å². The van der Waals surface area contributed by atoms with E-state index in [0.29, 0.717) is 23.3 Å². The van der Waals surface area contributed by atoms with Crippen LogP contribution in [-0.4, -0.2) is 49.5 Å². The number of rotatable bonds is 7. The third-order valence-electron chi connectivity index (χ3n) is 5.08. The normalized spacial score (nSPS) is 11.3. The number of aromatic amines is 2. The number of allylic oxidation sites excluding steroid dienone is 1. The van der Waals surface area contributed by atoms with E-state index in [9.17, 15) is 4.79 Å². The van der Waals surface area contributed by atoms with Crippen LogP contribution < -0.4 is 10.1 Å². The number of nitrogens with one attached hydrogen (secondary N) is 3. The van der Waals surface area contributed by atoms with Gasteiger partial charge < -0.3 is 19.9 Å². The van der Waals surface area contributed by atoms with Gasteiger partial charge in [-0.3, -0.25) is 9.89 Å². The fraction of sp³-hybridized carbons (Fsp3) is 0.217. The summed E-state index contributed by atoms with van der Waals surface area (Å²) in [7, 11) is 1.65. The molecule has 0 aliphatic rings. The highest BCUT2D eigenvalue weighted by Gasteiger charge is 2.25. The minimum Gasteiger partial charge on any atom is -0.435 e. The first-order valence-electron chi connectivity index (χ1n) is 10.4. The molecule has 4 aromatic rings. The van der Waals surface area contributed by atoms with Crippen LogP contribution in [0.4, 0.5) is 16.0 Å². The second kappa shape index (κ2) is 9.11. The highest BCUT2D eigenvalue weighted by molar-refractivity contribution is 6.01. The number of fused-ring (bicyclic) bond motifs is 1. The molecule has 10 heteroatoms. The lowest BCUT2D eigenvalue weighted by atomic mass is 10.2. The molecule has 9 nitrogen and oxygen atoms in total. The number of H-pyrrole nitrogens is 2. The molecule has 3 N–H and O–H groups in total. The number of nitrogens with zero attached hydrogens (tertiary/aromatic N) is 4. The zero-order chi connectivity index (χ0) is 23.5. The topological polar surface area (TPSA) is 112 Å². The minimum atomic E-state index is -0.546. The molecule has 170 valence electrons. The molecule has 1 amide bonds. The Balaban J connectivity index is 1.76. The molecule has 3 heterocycles. The Labute approximate surface area is 189 Å². The predicted molar refractivity (Wildman–Crippen MR) is 124 cm³/mol. The lowest BCUT2D eigenvalue weighted by molar-refractivity contribution is 0.0799. The van der Waals surface area contributed by atoms with Crippen molar-refractivity contribution in [3.63, 3.8) is 0 Å². The molecule has 33 heavy (non-hydrogen) atoms. The third-order valence-corrected chi connectivity index (χ3v) is 5.08. The van der Waals surface area contributed by atoms with E-state index in [1.54, 1.807) is 25.2 Å². The highest BCUT2D eigenvalue weighted by atomic mass is 19.1. The van der Waals surface area contributed by atoms with Gasteiger partial charge in [0.1, 0.15) is 11.9 Å². The van der Waals surface area contributed by atoms with Crippen molar-refractivity contribution in [3.8, 4) is 11.6 Å². The Kier molecular flexibility index (Phi) is 6.07. The minimum absolute atomic E-state index is 0.0468. The van der Waals surface area contributed by atoms with E-state index in [1.165, 1.54) is 17.3 Å². The molecule has 3 aromatic heterocycles. The smallest absolute Gasteiger partial charge is 0.262 e. The molecule has 0 radical (unpaired) electrons. The molecule has 1 aromatic carbocycles. The van der Waals surface area contributed by atoms with Crippen molar-refractivity contribution >= 4 is 34.5 Å². The summed E-state index contributed by atoms with van der Waals surface area (Å²) in [4.78, 5) is 26.1. The Hall–Kier alpha value is -4.21. The number of hydrogen-bond donors (Lipinski definition) is 3. The van der Waals surface area contributed by atoms with Crippen LogP contribution in [0.2, 0.25) is 0 Å². The average molecular weight is 449 g/mol. The van der Waals surface area contributed by atoms with Crippen molar-refractivity contribution < 1.29 is 13.9 Å². The first-order valence-corrected chi connectivity index (χ1v) is 10.4. The highest BCUT2D eigenvalue weighted by Crippen LogP contribution is 2.33. The number of amides is 1. The number of aryl methyl sites for hydroxylation is 1. The van der Waals surface area contributed by atoms with E-state index in [4.69, 9.17) is 4.74 Å². The van der Waals surface area contributed by atoms with Crippen molar-refractivity contribution in [2.75, 3.05) is 18.9 Å². The lowest BCUT2D eigenvalue weighted by Crippen LogP contribution is -2.28. The molecular weight excluding hydrogens is 425 g/mol. The van der Waals surface area contributed by atoms with Crippen molar-refractivity contribution in [3.05, 3.63) is 59.4 Å². The quantitative estimate of drug-likeness (QED) is 0.374. The summed E-state index contributed by atoms with van der Waals surface area (Å²) in [6, 6.07) is 6.68. The van der Waals surface area contributed by atoms with Gasteiger partial charge in [-0.25, -0.2) is 14.4 Å². The molecule has 0 saturated heterocycles. The van der Waals surface area contributed by atoms with Gasteiger partial charge in [0.15, 0.2) is 23.2 Å². The number of carbonyl (C=O) groups excluding carboxylic acids is 1. The van der Waals surface area contributed by atoms with E-state index in [0.717, 1.165) is 11.4 Å². The zero-order valence-corrected chi connectivity index (χ0v) is 18.7. The summed E-state index contributed by atoms with van der Waals surface area (Å²) in [5.74, 6) is -0.379. The average Bonchev–Trinajstić information content (AvgIpc) is 3.41. The Morgan fingerprint density at radius 1 is 1.30 bits per heavy atom. The van der Waals surface area contributed by atoms with Crippen molar-refractivity contribution in [1.82, 2.24) is 30.0 Å². The van der Waals surface area contributed by atoms with Gasteiger partial charge in [-0.05, 0) is 45.0 Å². The number of carbonyl (C=O) groups is 1. The van der Waals surface area contributed by atoms with Gasteiger partial charge in [-0.2, -0.15) is 5.10 Å². The second-order valence-electron chi connectivity index (χ2n) is 7.45. The maximum Gasteiger partial charge on any atom is 0.262 e. The predicted octanol–water partition coefficient (Wildman–Crippen LogP) is 4.79. The largest absolute Gasteiger partial charge is 0.435 e. The van der Waals surface area contributed by atoms with Crippen LogP contribution in [-0.2, 0) is 0 Å². The molecule has 0 saturated carbocycles. The van der Waals surface area contributed by atoms with Crippen LogP contribution in [0, 0.1) is 12.7 Å². The monoisotopic (exact) mass is 449 g/mol. The second-order valence-corrected chi connectivity index (χ2v) is 7.45. The summed E-state index contributed by atoms with van der Waals surface area (Å²) in [6.07, 6.45) is 4.97. The van der Waals surface area contributed by atoms with Crippen LogP contribution in [0.3, 0.4) is 0 Å². The Morgan fingerprint density at radius 2 is 2.12 bits per heavy atom. The van der Waals surface area contributed by atoms with Gasteiger partial charge in [0.2, 0.25) is 5.88 Å². The number of aromatic nitrogens is 5. The molecular formula is C23H24FN7O2. The molecule has 0 unspecified atom stereocenters. The zero-order valence-electron chi connectivity index (χ0n) is 18.7. The van der Waals surface area contributed by atoms with E-state index in [-0.39, 0.29) is 28.9 Å². The van der Waals surface area contributed by atoms with E-state index in [1.807, 2.05) is 32.9 Å². The molecule has 0 spiro atoms. The number of hydrogen-bond acceptors (Lipinski definition) is 6. The van der Waals surface area contributed by atoms with Gasteiger partial charge in [0.25, 0.3) is 5.91 Å². The summed E-state index contributed by atoms with van der Waals surface area (Å²) in [6.45, 7) is 6.03. The van der Waals surface area contributed by atoms with Crippen LogP contribution >= 0.6 is 0 Å². The molecule has 0 bridgehead atoms.